The summed E-state index contributed by atoms with van der Waals surface area (Å²) >= 11 is 0. The van der Waals surface area contributed by atoms with Crippen molar-refractivity contribution in [2.45, 2.75) is 0 Å². The van der Waals surface area contributed by atoms with Crippen LogP contribution in [0, 0.1) is 0 Å². The smallest absolute Gasteiger partial charge is 0.0885 e. The van der Waals surface area contributed by atoms with Crippen molar-refractivity contribution in [1.82, 2.24) is 9.97 Å². The molecule has 0 atom stereocenters. The lowest BCUT2D eigenvalue weighted by Gasteiger charge is -2.06. The summed E-state index contributed by atoms with van der Waals surface area (Å²) in [6.07, 6.45) is 5.26. The van der Waals surface area contributed by atoms with E-state index in [4.69, 9.17) is 0 Å². The quantitative estimate of drug-likeness (QED) is 0.434. The molecule has 0 radical (unpaired) electrons. The predicted molar refractivity (Wildman–Crippen MR) is 89.4 cm³/mol. The Labute approximate surface area is 128 Å². The van der Waals surface area contributed by atoms with Gasteiger partial charge in [0.05, 0.1) is 11.9 Å². The number of benzene rings is 3. The number of aromatic nitrogens is 2. The van der Waals surface area contributed by atoms with Crippen molar-refractivity contribution in [3.63, 3.8) is 0 Å². The monoisotopic (exact) mass is 280 g/mol. The van der Waals surface area contributed by atoms with Crippen molar-refractivity contribution in [3.05, 3.63) is 73.2 Å². The number of rotatable bonds is 1. The largest absolute Gasteiger partial charge is 0.261 e. The Morgan fingerprint density at radius 3 is 2.32 bits per heavy atom. The molecule has 0 aliphatic heterocycles. The second-order valence-corrected chi connectivity index (χ2v) is 5.56. The maximum absolute atomic E-state index is 4.44. The summed E-state index contributed by atoms with van der Waals surface area (Å²) in [6.45, 7) is 0. The summed E-state index contributed by atoms with van der Waals surface area (Å²) in [5.74, 6) is 0. The number of hydrogen-bond donors (Lipinski definition) is 0. The standard InChI is InChI=1S/C20H12N2/c1-2-6-16-15(5-1)17-7-3-4-13-10-14(11-18(16)20(13)17)19-12-21-8-9-22-19/h1-12H. The highest BCUT2D eigenvalue weighted by Gasteiger charge is 2.21. The Morgan fingerprint density at radius 1 is 0.682 bits per heavy atom. The Bertz CT molecular complexity index is 1020. The van der Waals surface area contributed by atoms with Crippen molar-refractivity contribution >= 4 is 10.8 Å². The third-order valence-electron chi connectivity index (χ3n) is 4.34. The van der Waals surface area contributed by atoms with E-state index in [-0.39, 0.29) is 0 Å². The molecule has 5 rings (SSSR count). The van der Waals surface area contributed by atoms with Crippen LogP contribution in [0.2, 0.25) is 0 Å². The van der Waals surface area contributed by atoms with E-state index in [1.54, 1.807) is 12.4 Å². The summed E-state index contributed by atoms with van der Waals surface area (Å²) in [5, 5.41) is 2.60. The molecule has 0 saturated heterocycles. The fourth-order valence-electron chi connectivity index (χ4n) is 3.41. The van der Waals surface area contributed by atoms with Crippen LogP contribution in [0.25, 0.3) is 44.3 Å². The van der Waals surface area contributed by atoms with Gasteiger partial charge in [0.25, 0.3) is 0 Å². The maximum atomic E-state index is 4.44. The van der Waals surface area contributed by atoms with Gasteiger partial charge in [-0.2, -0.15) is 0 Å². The van der Waals surface area contributed by atoms with Crippen molar-refractivity contribution in [2.24, 2.45) is 0 Å². The molecule has 2 heteroatoms. The molecule has 0 amide bonds. The van der Waals surface area contributed by atoms with Crippen LogP contribution in [0.15, 0.2) is 73.2 Å². The molecule has 1 aliphatic rings. The molecule has 2 nitrogen and oxygen atoms in total. The zero-order valence-electron chi connectivity index (χ0n) is 11.8. The van der Waals surface area contributed by atoms with E-state index in [1.807, 2.05) is 6.20 Å². The van der Waals surface area contributed by atoms with Crippen molar-refractivity contribution in [1.29, 1.82) is 0 Å². The average molecular weight is 280 g/mol. The Morgan fingerprint density at radius 2 is 1.50 bits per heavy atom. The second kappa shape index (κ2) is 4.25. The predicted octanol–water partition coefficient (Wildman–Crippen LogP) is 4.94. The fraction of sp³-hybridized carbons (Fsp3) is 0. The van der Waals surface area contributed by atoms with Crippen LogP contribution in [-0.2, 0) is 0 Å². The minimum absolute atomic E-state index is 0.912. The first kappa shape index (κ1) is 11.6. The lowest BCUT2D eigenvalue weighted by atomic mass is 9.98. The van der Waals surface area contributed by atoms with Crippen molar-refractivity contribution < 1.29 is 0 Å². The van der Waals surface area contributed by atoms with Gasteiger partial charge in [-0.15, -0.1) is 0 Å². The van der Waals surface area contributed by atoms with Gasteiger partial charge in [-0.25, -0.2) is 0 Å². The summed E-state index contributed by atoms with van der Waals surface area (Å²) < 4.78 is 0. The van der Waals surface area contributed by atoms with Crippen molar-refractivity contribution in [2.75, 3.05) is 0 Å². The van der Waals surface area contributed by atoms with Crippen LogP contribution >= 0.6 is 0 Å². The van der Waals surface area contributed by atoms with Gasteiger partial charge < -0.3 is 0 Å². The molecular formula is C20H12N2. The van der Waals surface area contributed by atoms with E-state index in [1.165, 1.54) is 33.0 Å². The Kier molecular flexibility index (Phi) is 2.25. The van der Waals surface area contributed by atoms with E-state index in [2.05, 4.69) is 64.6 Å². The molecule has 4 aromatic rings. The van der Waals surface area contributed by atoms with Gasteiger partial charge in [0.15, 0.2) is 0 Å². The zero-order chi connectivity index (χ0) is 14.5. The highest BCUT2D eigenvalue weighted by atomic mass is 14.8. The fourth-order valence-corrected chi connectivity index (χ4v) is 3.41. The lowest BCUT2D eigenvalue weighted by Crippen LogP contribution is -1.86. The minimum atomic E-state index is 0.912. The van der Waals surface area contributed by atoms with Gasteiger partial charge in [0.1, 0.15) is 0 Å². The molecule has 1 heterocycles. The molecule has 1 aromatic heterocycles. The SMILES string of the molecule is c1ccc2c(c1)-c1cccc3cc(-c4cnccn4)cc-2c13. The lowest BCUT2D eigenvalue weighted by molar-refractivity contribution is 1.21. The first-order valence-electron chi connectivity index (χ1n) is 7.35. The minimum Gasteiger partial charge on any atom is -0.261 e. The highest BCUT2D eigenvalue weighted by molar-refractivity contribution is 6.16. The summed E-state index contributed by atoms with van der Waals surface area (Å²) in [4.78, 5) is 8.63. The third-order valence-corrected chi connectivity index (χ3v) is 4.34. The molecular weight excluding hydrogens is 268 g/mol. The molecule has 0 spiro atoms. The first-order valence-corrected chi connectivity index (χ1v) is 7.35. The summed E-state index contributed by atoms with van der Waals surface area (Å²) in [5.41, 5.74) is 7.27. The van der Waals surface area contributed by atoms with E-state index in [0.717, 1.165) is 11.3 Å². The van der Waals surface area contributed by atoms with E-state index in [9.17, 15) is 0 Å². The zero-order valence-corrected chi connectivity index (χ0v) is 11.8. The molecule has 0 unspecified atom stereocenters. The topological polar surface area (TPSA) is 25.8 Å². The van der Waals surface area contributed by atoms with Gasteiger partial charge in [0, 0.05) is 18.0 Å². The van der Waals surface area contributed by atoms with Gasteiger partial charge >= 0.3 is 0 Å². The van der Waals surface area contributed by atoms with E-state index in [0.29, 0.717) is 0 Å². The molecule has 22 heavy (non-hydrogen) atoms. The van der Waals surface area contributed by atoms with Gasteiger partial charge in [0.2, 0.25) is 0 Å². The van der Waals surface area contributed by atoms with Gasteiger partial charge in [-0.3, -0.25) is 9.97 Å². The molecule has 0 saturated carbocycles. The summed E-state index contributed by atoms with van der Waals surface area (Å²) in [7, 11) is 0. The number of hydrogen-bond acceptors (Lipinski definition) is 2. The third kappa shape index (κ3) is 1.49. The normalized spacial score (nSPS) is 11.6. The van der Waals surface area contributed by atoms with E-state index < -0.39 is 0 Å². The van der Waals surface area contributed by atoms with Crippen LogP contribution in [-0.4, -0.2) is 9.97 Å². The van der Waals surface area contributed by atoms with Crippen LogP contribution in [0.3, 0.4) is 0 Å². The Balaban J connectivity index is 1.90. The molecule has 102 valence electrons. The summed E-state index contributed by atoms with van der Waals surface area (Å²) in [6, 6.07) is 19.6. The molecule has 0 bridgehead atoms. The van der Waals surface area contributed by atoms with Crippen LogP contribution < -0.4 is 0 Å². The second-order valence-electron chi connectivity index (χ2n) is 5.56. The number of fused-ring (bicyclic) bond motifs is 3. The van der Waals surface area contributed by atoms with Crippen molar-refractivity contribution in [3.8, 4) is 33.5 Å². The molecule has 0 fully saturated rings. The number of nitrogens with zero attached hydrogens (tertiary/aromatic N) is 2. The van der Waals surface area contributed by atoms with Gasteiger partial charge in [-0.05, 0) is 45.2 Å². The van der Waals surface area contributed by atoms with Gasteiger partial charge in [-0.1, -0.05) is 42.5 Å². The maximum Gasteiger partial charge on any atom is 0.0885 e. The molecule has 1 aliphatic carbocycles. The first-order chi connectivity index (χ1) is 10.9. The van der Waals surface area contributed by atoms with Crippen LogP contribution in [0.4, 0.5) is 0 Å². The van der Waals surface area contributed by atoms with Crippen LogP contribution in [0.5, 0.6) is 0 Å². The molecule has 3 aromatic carbocycles. The van der Waals surface area contributed by atoms with Crippen LogP contribution in [0.1, 0.15) is 0 Å². The van der Waals surface area contributed by atoms with E-state index >= 15 is 0 Å². The Hall–Kier alpha value is -3.00. The molecule has 0 N–H and O–H groups in total. The average Bonchev–Trinajstić information content (AvgIpc) is 2.92. The highest BCUT2D eigenvalue weighted by Crippen LogP contribution is 2.48.